The molecule has 1 aliphatic rings. The number of likely N-dealkylation sites (N-methyl/N-ethyl adjacent to an activating group) is 1. The molecule has 2 heterocycles. The number of benzene rings is 1. The van der Waals surface area contributed by atoms with E-state index in [0.717, 1.165) is 11.3 Å². The van der Waals surface area contributed by atoms with E-state index in [2.05, 4.69) is 15.3 Å². The van der Waals surface area contributed by atoms with Crippen LogP contribution in [0.15, 0.2) is 24.3 Å². The van der Waals surface area contributed by atoms with Crippen molar-refractivity contribution in [1.82, 2.24) is 15.3 Å². The number of nitrogens with zero attached hydrogens (tertiary/aromatic N) is 3. The number of amides is 2. The molecule has 8 nitrogen and oxygen atoms in total. The molecule has 8 heteroatoms. The van der Waals surface area contributed by atoms with Gasteiger partial charge in [-0.1, -0.05) is 12.1 Å². The number of carbonyl (C=O) groups excluding carboxylic acids is 2. The zero-order valence-corrected chi connectivity index (χ0v) is 15.9. The Morgan fingerprint density at radius 1 is 1.26 bits per heavy atom. The molecule has 2 amide bonds. The summed E-state index contributed by atoms with van der Waals surface area (Å²) in [5, 5.41) is 2.67. The largest absolute Gasteiger partial charge is 0.467 e. The molecular formula is C19H23N5O3. The van der Waals surface area contributed by atoms with Gasteiger partial charge in [-0.2, -0.15) is 9.97 Å². The number of aromatic nitrogens is 2. The van der Waals surface area contributed by atoms with Gasteiger partial charge in [0.2, 0.25) is 5.91 Å². The van der Waals surface area contributed by atoms with Crippen LogP contribution in [-0.2, 0) is 16.6 Å². The van der Waals surface area contributed by atoms with Gasteiger partial charge < -0.3 is 20.7 Å². The van der Waals surface area contributed by atoms with Crippen LogP contribution in [0.1, 0.15) is 35.5 Å². The monoisotopic (exact) mass is 369 g/mol. The third kappa shape index (κ3) is 3.18. The quantitative estimate of drug-likeness (QED) is 0.840. The first-order valence-corrected chi connectivity index (χ1v) is 8.64. The molecule has 0 bridgehead atoms. The van der Waals surface area contributed by atoms with Gasteiger partial charge in [0, 0.05) is 25.7 Å². The average molecular weight is 369 g/mol. The van der Waals surface area contributed by atoms with E-state index in [-0.39, 0.29) is 23.6 Å². The second-order valence-corrected chi connectivity index (χ2v) is 6.88. The number of ether oxygens (including phenoxy) is 1. The molecular weight excluding hydrogens is 346 g/mol. The molecule has 0 fully saturated rings. The van der Waals surface area contributed by atoms with E-state index in [1.54, 1.807) is 11.9 Å². The minimum atomic E-state index is -0.666. The molecule has 27 heavy (non-hydrogen) atoms. The summed E-state index contributed by atoms with van der Waals surface area (Å²) in [4.78, 5) is 34.9. The third-order valence-corrected chi connectivity index (χ3v) is 4.90. The van der Waals surface area contributed by atoms with Crippen molar-refractivity contribution in [3.63, 3.8) is 0 Å². The minimum absolute atomic E-state index is 0.0721. The molecule has 0 saturated heterocycles. The van der Waals surface area contributed by atoms with Crippen LogP contribution in [0.3, 0.4) is 0 Å². The second kappa shape index (κ2) is 6.86. The lowest BCUT2D eigenvalue weighted by Crippen LogP contribution is -2.39. The molecule has 0 spiro atoms. The SMILES string of the molecule is CNC(=O)C(C)(C)c1ccc(N2CCc3nc(OC)nc(N)c3C2=O)cc1. The van der Waals surface area contributed by atoms with E-state index >= 15 is 0 Å². The molecule has 1 aromatic carbocycles. The Hall–Kier alpha value is -3.16. The standard InChI is InChI=1S/C19H23N5O3/c1-19(2,17(26)21-3)11-5-7-12(8-6-11)24-10-9-13-14(16(24)25)15(20)23-18(22-13)27-4/h5-8H,9-10H2,1-4H3,(H,21,26)(H2,20,22,23). The Balaban J connectivity index is 1.90. The highest BCUT2D eigenvalue weighted by atomic mass is 16.5. The van der Waals surface area contributed by atoms with Crippen LogP contribution in [0.2, 0.25) is 0 Å². The van der Waals surface area contributed by atoms with E-state index < -0.39 is 5.41 Å². The van der Waals surface area contributed by atoms with Crippen molar-refractivity contribution in [1.29, 1.82) is 0 Å². The number of methoxy groups -OCH3 is 1. The summed E-state index contributed by atoms with van der Waals surface area (Å²) in [5.41, 5.74) is 7.80. The summed E-state index contributed by atoms with van der Waals surface area (Å²) in [6.45, 7) is 4.19. The number of rotatable bonds is 4. The molecule has 0 saturated carbocycles. The van der Waals surface area contributed by atoms with Crippen LogP contribution in [0.25, 0.3) is 0 Å². The Labute approximate surface area is 157 Å². The Kier molecular flexibility index (Phi) is 4.73. The number of nitrogens with two attached hydrogens (primary N) is 1. The fraction of sp³-hybridized carbons (Fsp3) is 0.368. The lowest BCUT2D eigenvalue weighted by Gasteiger charge is -2.29. The molecule has 1 aromatic heterocycles. The fourth-order valence-corrected chi connectivity index (χ4v) is 3.21. The smallest absolute Gasteiger partial charge is 0.318 e. The molecule has 142 valence electrons. The van der Waals surface area contributed by atoms with E-state index in [9.17, 15) is 9.59 Å². The van der Waals surface area contributed by atoms with Crippen molar-refractivity contribution in [2.45, 2.75) is 25.7 Å². The van der Waals surface area contributed by atoms with Crippen LogP contribution < -0.4 is 20.7 Å². The summed E-state index contributed by atoms with van der Waals surface area (Å²) >= 11 is 0. The van der Waals surface area contributed by atoms with Crippen molar-refractivity contribution < 1.29 is 14.3 Å². The molecule has 3 rings (SSSR count). The van der Waals surface area contributed by atoms with Gasteiger partial charge in [0.1, 0.15) is 11.4 Å². The topological polar surface area (TPSA) is 110 Å². The van der Waals surface area contributed by atoms with Gasteiger partial charge in [-0.05, 0) is 31.5 Å². The maximum atomic E-state index is 12.9. The lowest BCUT2D eigenvalue weighted by atomic mass is 9.83. The first-order valence-electron chi connectivity index (χ1n) is 8.64. The van der Waals surface area contributed by atoms with E-state index in [1.165, 1.54) is 7.11 Å². The summed E-state index contributed by atoms with van der Waals surface area (Å²) < 4.78 is 5.02. The first-order chi connectivity index (χ1) is 12.8. The minimum Gasteiger partial charge on any atom is -0.467 e. The van der Waals surface area contributed by atoms with Gasteiger partial charge >= 0.3 is 6.01 Å². The van der Waals surface area contributed by atoms with Crippen LogP contribution in [0.5, 0.6) is 6.01 Å². The van der Waals surface area contributed by atoms with Crippen LogP contribution >= 0.6 is 0 Å². The zero-order chi connectivity index (χ0) is 19.8. The zero-order valence-electron chi connectivity index (χ0n) is 15.9. The number of carbonyl (C=O) groups is 2. The summed E-state index contributed by atoms with van der Waals surface area (Å²) in [5.74, 6) is -0.198. The summed E-state index contributed by atoms with van der Waals surface area (Å²) in [7, 11) is 3.07. The van der Waals surface area contributed by atoms with Gasteiger partial charge in [0.25, 0.3) is 5.91 Å². The van der Waals surface area contributed by atoms with Crippen molar-refractivity contribution in [2.24, 2.45) is 0 Å². The van der Waals surface area contributed by atoms with Crippen molar-refractivity contribution in [3.05, 3.63) is 41.1 Å². The second-order valence-electron chi connectivity index (χ2n) is 6.88. The van der Waals surface area contributed by atoms with Crippen molar-refractivity contribution in [3.8, 4) is 6.01 Å². The molecule has 0 aliphatic carbocycles. The van der Waals surface area contributed by atoms with E-state index in [1.807, 2.05) is 38.1 Å². The molecule has 0 atom stereocenters. The Bertz CT molecular complexity index is 893. The maximum Gasteiger partial charge on any atom is 0.318 e. The highest BCUT2D eigenvalue weighted by Crippen LogP contribution is 2.30. The van der Waals surface area contributed by atoms with E-state index in [4.69, 9.17) is 10.5 Å². The average Bonchev–Trinajstić information content (AvgIpc) is 2.67. The van der Waals surface area contributed by atoms with Crippen molar-refractivity contribution in [2.75, 3.05) is 31.3 Å². The number of nitrogen functional groups attached to an aromatic ring is 1. The van der Waals surface area contributed by atoms with Crippen LogP contribution in [0, 0.1) is 0 Å². The highest BCUT2D eigenvalue weighted by molar-refractivity contribution is 6.10. The predicted molar refractivity (Wildman–Crippen MR) is 102 cm³/mol. The number of hydrogen-bond acceptors (Lipinski definition) is 6. The maximum absolute atomic E-state index is 12.9. The van der Waals surface area contributed by atoms with Crippen LogP contribution in [-0.4, -0.2) is 42.5 Å². The van der Waals surface area contributed by atoms with Gasteiger partial charge in [-0.25, -0.2) is 0 Å². The van der Waals surface area contributed by atoms with Gasteiger partial charge in [-0.3, -0.25) is 9.59 Å². The molecule has 1 aliphatic heterocycles. The Morgan fingerprint density at radius 2 is 1.93 bits per heavy atom. The molecule has 0 radical (unpaired) electrons. The molecule has 0 unspecified atom stereocenters. The van der Waals surface area contributed by atoms with Gasteiger partial charge in [-0.15, -0.1) is 0 Å². The van der Waals surface area contributed by atoms with E-state index in [0.29, 0.717) is 24.2 Å². The normalized spacial score (nSPS) is 13.9. The predicted octanol–water partition coefficient (Wildman–Crippen LogP) is 1.29. The fourth-order valence-electron chi connectivity index (χ4n) is 3.21. The summed E-state index contributed by atoms with van der Waals surface area (Å²) in [6, 6.07) is 7.56. The molecule has 2 aromatic rings. The number of anilines is 2. The van der Waals surface area contributed by atoms with Gasteiger partial charge in [0.15, 0.2) is 0 Å². The highest BCUT2D eigenvalue weighted by Gasteiger charge is 2.32. The number of hydrogen-bond donors (Lipinski definition) is 2. The van der Waals surface area contributed by atoms with Crippen LogP contribution in [0.4, 0.5) is 11.5 Å². The number of nitrogens with one attached hydrogen (secondary N) is 1. The summed E-state index contributed by atoms with van der Waals surface area (Å²) in [6.07, 6.45) is 0.551. The van der Waals surface area contributed by atoms with Crippen molar-refractivity contribution >= 4 is 23.3 Å². The Morgan fingerprint density at radius 3 is 2.52 bits per heavy atom. The molecule has 3 N–H and O–H groups in total. The third-order valence-electron chi connectivity index (χ3n) is 4.90. The lowest BCUT2D eigenvalue weighted by molar-refractivity contribution is -0.125. The van der Waals surface area contributed by atoms with Gasteiger partial charge in [0.05, 0.1) is 18.2 Å². The number of fused-ring (bicyclic) bond motifs is 1. The first kappa shape index (κ1) is 18.6.